The summed E-state index contributed by atoms with van der Waals surface area (Å²) in [6, 6.07) is 3.09. The van der Waals surface area contributed by atoms with E-state index < -0.39 is 5.41 Å². The second-order valence-electron chi connectivity index (χ2n) is 5.21. The van der Waals surface area contributed by atoms with Gasteiger partial charge in [0.15, 0.2) is 0 Å². The minimum absolute atomic E-state index is 0.0121. The van der Waals surface area contributed by atoms with Crippen molar-refractivity contribution in [2.45, 2.75) is 33.2 Å². The molecule has 0 fully saturated rings. The lowest BCUT2D eigenvalue weighted by molar-refractivity contribution is -0.128. The molecule has 0 saturated carbocycles. The van der Waals surface area contributed by atoms with E-state index in [-0.39, 0.29) is 17.8 Å². The van der Waals surface area contributed by atoms with Crippen molar-refractivity contribution in [2.24, 2.45) is 5.41 Å². The molecule has 1 amide bonds. The molecule has 4 nitrogen and oxygen atoms in total. The van der Waals surface area contributed by atoms with Crippen LogP contribution in [0, 0.1) is 11.2 Å². The third-order valence-corrected chi connectivity index (χ3v) is 3.15. The van der Waals surface area contributed by atoms with E-state index >= 15 is 0 Å². The van der Waals surface area contributed by atoms with Gasteiger partial charge in [0.2, 0.25) is 5.91 Å². The molecule has 1 aromatic rings. The van der Waals surface area contributed by atoms with E-state index in [1.54, 1.807) is 13.1 Å². The molecule has 0 spiro atoms. The number of rotatable bonds is 6. The second-order valence-corrected chi connectivity index (χ2v) is 5.21. The van der Waals surface area contributed by atoms with Crippen molar-refractivity contribution in [1.29, 1.82) is 0 Å². The largest absolute Gasteiger partial charge is 0.359 e. The predicted molar refractivity (Wildman–Crippen MR) is 73.1 cm³/mol. The van der Waals surface area contributed by atoms with Crippen LogP contribution in [0.15, 0.2) is 18.3 Å². The first-order valence-electron chi connectivity index (χ1n) is 6.47. The van der Waals surface area contributed by atoms with Crippen molar-refractivity contribution in [3.05, 3.63) is 29.8 Å². The number of carbonyl (C=O) groups is 1. The quantitative estimate of drug-likeness (QED) is 0.829. The van der Waals surface area contributed by atoms with Gasteiger partial charge < -0.3 is 10.6 Å². The lowest BCUT2D eigenvalue weighted by atomic mass is 9.91. The molecule has 19 heavy (non-hydrogen) atoms. The molecule has 1 aromatic heterocycles. The van der Waals surface area contributed by atoms with Crippen LogP contribution in [0.5, 0.6) is 0 Å². The van der Waals surface area contributed by atoms with Crippen molar-refractivity contribution in [1.82, 2.24) is 15.6 Å². The molecule has 0 aliphatic carbocycles. The van der Waals surface area contributed by atoms with Gasteiger partial charge in [0, 0.05) is 19.6 Å². The lowest BCUT2D eigenvalue weighted by Crippen LogP contribution is -2.43. The van der Waals surface area contributed by atoms with Gasteiger partial charge in [-0.15, -0.1) is 0 Å². The van der Waals surface area contributed by atoms with E-state index in [1.807, 2.05) is 20.8 Å². The summed E-state index contributed by atoms with van der Waals surface area (Å²) in [6.07, 6.45) is 2.03. The van der Waals surface area contributed by atoms with Crippen LogP contribution in [0.3, 0.4) is 0 Å². The summed E-state index contributed by atoms with van der Waals surface area (Å²) in [7, 11) is 1.63. The van der Waals surface area contributed by atoms with Crippen LogP contribution in [-0.4, -0.2) is 24.5 Å². The van der Waals surface area contributed by atoms with E-state index in [0.717, 1.165) is 12.1 Å². The Labute approximate surface area is 113 Å². The molecule has 1 rings (SSSR count). The van der Waals surface area contributed by atoms with Crippen LogP contribution in [-0.2, 0) is 4.79 Å². The van der Waals surface area contributed by atoms with Gasteiger partial charge in [-0.05, 0) is 32.4 Å². The van der Waals surface area contributed by atoms with Gasteiger partial charge >= 0.3 is 0 Å². The lowest BCUT2D eigenvalue weighted by Gasteiger charge is -2.26. The molecular formula is C14H22FN3O. The van der Waals surface area contributed by atoms with E-state index in [1.165, 1.54) is 12.3 Å². The first-order valence-corrected chi connectivity index (χ1v) is 6.47. The highest BCUT2D eigenvalue weighted by Crippen LogP contribution is 2.19. The molecule has 106 valence electrons. The monoisotopic (exact) mass is 267 g/mol. The summed E-state index contributed by atoms with van der Waals surface area (Å²) < 4.78 is 12.8. The summed E-state index contributed by atoms with van der Waals surface area (Å²) in [4.78, 5) is 15.8. The molecule has 1 unspecified atom stereocenters. The Morgan fingerprint density at radius 1 is 1.47 bits per heavy atom. The van der Waals surface area contributed by atoms with Crippen LogP contribution in [0.25, 0.3) is 0 Å². The van der Waals surface area contributed by atoms with E-state index in [9.17, 15) is 9.18 Å². The average molecular weight is 267 g/mol. The number of pyridine rings is 1. The maximum atomic E-state index is 12.8. The SMILES string of the molecule is CCC(NCC(C)(C)C(=O)NC)c1ccc(F)cn1. The second kappa shape index (κ2) is 6.61. The number of amides is 1. The minimum Gasteiger partial charge on any atom is -0.359 e. The minimum atomic E-state index is -0.498. The zero-order valence-corrected chi connectivity index (χ0v) is 12.0. The van der Waals surface area contributed by atoms with E-state index in [4.69, 9.17) is 0 Å². The maximum absolute atomic E-state index is 12.8. The normalized spacial score (nSPS) is 13.1. The van der Waals surface area contributed by atoms with Crippen molar-refractivity contribution in [3.8, 4) is 0 Å². The fourth-order valence-corrected chi connectivity index (χ4v) is 1.85. The topological polar surface area (TPSA) is 54.0 Å². The highest BCUT2D eigenvalue weighted by molar-refractivity contribution is 5.81. The summed E-state index contributed by atoms with van der Waals surface area (Å²) in [6.45, 7) is 6.31. The zero-order chi connectivity index (χ0) is 14.5. The zero-order valence-electron chi connectivity index (χ0n) is 12.0. The number of nitrogens with one attached hydrogen (secondary N) is 2. The Morgan fingerprint density at radius 3 is 2.63 bits per heavy atom. The smallest absolute Gasteiger partial charge is 0.226 e. The molecule has 0 radical (unpaired) electrons. The Bertz CT molecular complexity index is 417. The summed E-state index contributed by atoms with van der Waals surface area (Å²) in [5, 5.41) is 5.96. The Morgan fingerprint density at radius 2 is 2.16 bits per heavy atom. The number of aromatic nitrogens is 1. The average Bonchev–Trinajstić information content (AvgIpc) is 2.40. The van der Waals surface area contributed by atoms with Gasteiger partial charge in [0.05, 0.1) is 17.3 Å². The van der Waals surface area contributed by atoms with Gasteiger partial charge in [0.25, 0.3) is 0 Å². The molecule has 0 aromatic carbocycles. The number of hydrogen-bond acceptors (Lipinski definition) is 3. The molecule has 0 aliphatic heterocycles. The summed E-state index contributed by atoms with van der Waals surface area (Å²) in [5.41, 5.74) is 0.291. The molecular weight excluding hydrogens is 245 g/mol. The number of carbonyl (C=O) groups excluding carboxylic acids is 1. The molecule has 5 heteroatoms. The maximum Gasteiger partial charge on any atom is 0.226 e. The molecule has 1 atom stereocenters. The van der Waals surface area contributed by atoms with Gasteiger partial charge in [-0.3, -0.25) is 9.78 Å². The summed E-state index contributed by atoms with van der Waals surface area (Å²) >= 11 is 0. The standard InChI is InChI=1S/C14H22FN3O/c1-5-11(12-7-6-10(15)8-17-12)18-9-14(2,3)13(19)16-4/h6-8,11,18H,5,9H2,1-4H3,(H,16,19). The number of hydrogen-bond donors (Lipinski definition) is 2. The molecule has 0 bridgehead atoms. The number of nitrogens with zero attached hydrogens (tertiary/aromatic N) is 1. The van der Waals surface area contributed by atoms with Crippen LogP contribution in [0.1, 0.15) is 38.9 Å². The van der Waals surface area contributed by atoms with Gasteiger partial charge in [-0.1, -0.05) is 6.92 Å². The van der Waals surface area contributed by atoms with Crippen LogP contribution < -0.4 is 10.6 Å². The first-order chi connectivity index (χ1) is 8.90. The van der Waals surface area contributed by atoms with E-state index in [0.29, 0.717) is 6.54 Å². The molecule has 1 heterocycles. The van der Waals surface area contributed by atoms with Crippen LogP contribution in [0.4, 0.5) is 4.39 Å². The molecule has 0 saturated heterocycles. The van der Waals surface area contributed by atoms with Crippen LogP contribution >= 0.6 is 0 Å². The summed E-state index contributed by atoms with van der Waals surface area (Å²) in [5.74, 6) is -0.355. The van der Waals surface area contributed by atoms with E-state index in [2.05, 4.69) is 15.6 Å². The fourth-order valence-electron chi connectivity index (χ4n) is 1.85. The predicted octanol–water partition coefficient (Wildman–Crippen LogP) is 2.03. The highest BCUT2D eigenvalue weighted by atomic mass is 19.1. The van der Waals surface area contributed by atoms with Crippen molar-refractivity contribution < 1.29 is 9.18 Å². The van der Waals surface area contributed by atoms with Crippen LogP contribution in [0.2, 0.25) is 0 Å². The van der Waals surface area contributed by atoms with Crippen molar-refractivity contribution >= 4 is 5.91 Å². The van der Waals surface area contributed by atoms with Gasteiger partial charge in [-0.2, -0.15) is 0 Å². The Balaban J connectivity index is 2.68. The highest BCUT2D eigenvalue weighted by Gasteiger charge is 2.27. The fraction of sp³-hybridized carbons (Fsp3) is 0.571. The Kier molecular flexibility index (Phi) is 5.42. The van der Waals surface area contributed by atoms with Crippen molar-refractivity contribution in [3.63, 3.8) is 0 Å². The third-order valence-electron chi connectivity index (χ3n) is 3.15. The van der Waals surface area contributed by atoms with Gasteiger partial charge in [-0.25, -0.2) is 4.39 Å². The molecule has 0 aliphatic rings. The molecule has 2 N–H and O–H groups in total. The number of halogens is 1. The first kappa shape index (κ1) is 15.6. The Hall–Kier alpha value is -1.49. The van der Waals surface area contributed by atoms with Gasteiger partial charge in [0.1, 0.15) is 5.82 Å². The third kappa shape index (κ3) is 4.28. The van der Waals surface area contributed by atoms with Crippen molar-refractivity contribution in [2.75, 3.05) is 13.6 Å².